The van der Waals surface area contributed by atoms with E-state index in [0.29, 0.717) is 6.42 Å². The molecule has 2 aromatic rings. The van der Waals surface area contributed by atoms with Gasteiger partial charge in [-0.3, -0.25) is 9.59 Å². The minimum Gasteiger partial charge on any atom is -0.480 e. The zero-order valence-electron chi connectivity index (χ0n) is 17.6. The highest BCUT2D eigenvalue weighted by Gasteiger charge is 2.44. The predicted octanol–water partition coefficient (Wildman–Crippen LogP) is 2.86. The third kappa shape index (κ3) is 5.39. The van der Waals surface area contributed by atoms with Gasteiger partial charge in [0.05, 0.1) is 4.90 Å². The zero-order valence-corrected chi connectivity index (χ0v) is 19.4. The Hall–Kier alpha value is -2.10. The van der Waals surface area contributed by atoms with Crippen LogP contribution >= 0.6 is 12.6 Å². The molecule has 1 amide bonds. The molecule has 31 heavy (non-hydrogen) atoms. The molecular weight excluding hydrogens is 436 g/mol. The number of hydrogen-bond donors (Lipinski definition) is 2. The van der Waals surface area contributed by atoms with Gasteiger partial charge in [-0.05, 0) is 41.7 Å². The molecule has 0 bridgehead atoms. The van der Waals surface area contributed by atoms with Gasteiger partial charge in [-0.25, -0.2) is 8.42 Å². The Bertz CT molecular complexity index is 1070. The number of carboxylic acid groups (broad SMARTS) is 1. The molecule has 7 nitrogen and oxygen atoms in total. The Morgan fingerprint density at radius 3 is 2.52 bits per heavy atom. The van der Waals surface area contributed by atoms with Crippen LogP contribution < -0.4 is 0 Å². The lowest BCUT2D eigenvalue weighted by molar-refractivity contribution is -0.146. The molecule has 1 saturated heterocycles. The molecular formula is C22H28N2O5S2. The quantitative estimate of drug-likeness (QED) is 0.586. The SMILES string of the molecule is CC(C)CCN(CC(=O)O)C(=O)C1CC(S)CN1S(=O)(=O)c1ccc2ccccc2c1. The number of amides is 1. The lowest BCUT2D eigenvalue weighted by atomic mass is 10.1. The molecule has 168 valence electrons. The van der Waals surface area contributed by atoms with E-state index in [1.165, 1.54) is 9.21 Å². The first-order chi connectivity index (χ1) is 14.6. The summed E-state index contributed by atoms with van der Waals surface area (Å²) in [6.07, 6.45) is 0.875. The highest BCUT2D eigenvalue weighted by Crippen LogP contribution is 2.31. The molecule has 1 aliphatic heterocycles. The van der Waals surface area contributed by atoms with E-state index in [2.05, 4.69) is 12.6 Å². The molecule has 0 aromatic heterocycles. The Kier molecular flexibility index (Phi) is 7.28. The van der Waals surface area contributed by atoms with Gasteiger partial charge < -0.3 is 10.0 Å². The second-order valence-corrected chi connectivity index (χ2v) is 10.9. The Labute approximate surface area is 188 Å². The minimum atomic E-state index is -3.96. The number of nitrogens with zero attached hydrogens (tertiary/aromatic N) is 2. The van der Waals surface area contributed by atoms with Gasteiger partial charge in [0, 0.05) is 18.3 Å². The molecule has 9 heteroatoms. The van der Waals surface area contributed by atoms with Gasteiger partial charge in [0.15, 0.2) is 0 Å². The van der Waals surface area contributed by atoms with Crippen LogP contribution in [0, 0.1) is 5.92 Å². The largest absolute Gasteiger partial charge is 0.480 e. The van der Waals surface area contributed by atoms with Gasteiger partial charge in [0.1, 0.15) is 12.6 Å². The number of carboxylic acids is 1. The Balaban J connectivity index is 1.92. The van der Waals surface area contributed by atoms with Gasteiger partial charge in [0.25, 0.3) is 0 Å². The van der Waals surface area contributed by atoms with Crippen molar-refractivity contribution >= 4 is 45.3 Å². The predicted molar refractivity (Wildman–Crippen MR) is 123 cm³/mol. The minimum absolute atomic E-state index is 0.0970. The third-order valence-corrected chi connectivity index (χ3v) is 7.71. The van der Waals surface area contributed by atoms with Crippen LogP contribution in [0.4, 0.5) is 0 Å². The molecule has 0 aliphatic carbocycles. The first kappa shape index (κ1) is 23.6. The monoisotopic (exact) mass is 464 g/mol. The average molecular weight is 465 g/mol. The maximum atomic E-state index is 13.5. The summed E-state index contributed by atoms with van der Waals surface area (Å²) in [4.78, 5) is 25.9. The van der Waals surface area contributed by atoms with Crippen LogP contribution in [0.5, 0.6) is 0 Å². The molecule has 2 atom stereocenters. The maximum absolute atomic E-state index is 13.5. The van der Waals surface area contributed by atoms with Gasteiger partial charge in [-0.15, -0.1) is 0 Å². The second kappa shape index (κ2) is 9.58. The number of rotatable bonds is 8. The number of benzene rings is 2. The van der Waals surface area contributed by atoms with E-state index in [9.17, 15) is 23.1 Å². The fourth-order valence-corrected chi connectivity index (χ4v) is 5.95. The van der Waals surface area contributed by atoms with E-state index in [-0.39, 0.29) is 35.6 Å². The lowest BCUT2D eigenvalue weighted by Gasteiger charge is -2.29. The molecule has 2 unspecified atom stereocenters. The van der Waals surface area contributed by atoms with Gasteiger partial charge >= 0.3 is 5.97 Å². The van der Waals surface area contributed by atoms with E-state index in [4.69, 9.17) is 0 Å². The average Bonchev–Trinajstić information content (AvgIpc) is 3.12. The first-order valence-electron chi connectivity index (χ1n) is 10.3. The van der Waals surface area contributed by atoms with Crippen molar-refractivity contribution in [3.8, 4) is 0 Å². The summed E-state index contributed by atoms with van der Waals surface area (Å²) < 4.78 is 28.1. The molecule has 1 aliphatic rings. The van der Waals surface area contributed by atoms with Crippen molar-refractivity contribution < 1.29 is 23.1 Å². The summed E-state index contributed by atoms with van der Waals surface area (Å²) in [6.45, 7) is 3.88. The number of aliphatic carboxylic acids is 1. The number of thiol groups is 1. The van der Waals surface area contributed by atoms with Gasteiger partial charge in [0.2, 0.25) is 15.9 Å². The molecule has 0 saturated carbocycles. The second-order valence-electron chi connectivity index (χ2n) is 8.33. The van der Waals surface area contributed by atoms with Gasteiger partial charge in [-0.2, -0.15) is 16.9 Å². The van der Waals surface area contributed by atoms with Crippen molar-refractivity contribution in [1.29, 1.82) is 0 Å². The first-order valence-corrected chi connectivity index (χ1v) is 12.2. The number of sulfonamides is 1. The molecule has 3 rings (SSSR count). The lowest BCUT2D eigenvalue weighted by Crippen LogP contribution is -2.49. The molecule has 1 heterocycles. The summed E-state index contributed by atoms with van der Waals surface area (Å²) >= 11 is 4.44. The van der Waals surface area contributed by atoms with Crippen molar-refractivity contribution in [3.63, 3.8) is 0 Å². The fraction of sp³-hybridized carbons (Fsp3) is 0.455. The van der Waals surface area contributed by atoms with E-state index in [1.54, 1.807) is 18.2 Å². The van der Waals surface area contributed by atoms with E-state index in [0.717, 1.165) is 10.8 Å². The number of carbonyl (C=O) groups is 2. The van der Waals surface area contributed by atoms with Crippen LogP contribution in [0.2, 0.25) is 0 Å². The standard InChI is InChI=1S/C22H28N2O5S2/c1-15(2)9-10-23(14-21(25)26)22(27)20-12-18(30)13-24(20)31(28,29)19-8-7-16-5-3-4-6-17(16)11-19/h3-8,11,15,18,20,30H,9-10,12-14H2,1-2H3,(H,25,26). The molecule has 0 spiro atoms. The van der Waals surface area contributed by atoms with Crippen LogP contribution in [-0.2, 0) is 19.6 Å². The topological polar surface area (TPSA) is 95.0 Å². The Morgan fingerprint density at radius 2 is 1.87 bits per heavy atom. The number of fused-ring (bicyclic) bond motifs is 1. The van der Waals surface area contributed by atoms with Crippen LogP contribution in [0.15, 0.2) is 47.4 Å². The van der Waals surface area contributed by atoms with Crippen LogP contribution in [-0.4, -0.2) is 65.5 Å². The zero-order chi connectivity index (χ0) is 22.8. The molecule has 2 aromatic carbocycles. The summed E-state index contributed by atoms with van der Waals surface area (Å²) in [7, 11) is -3.96. The maximum Gasteiger partial charge on any atom is 0.323 e. The van der Waals surface area contributed by atoms with Crippen LogP contribution in [0.3, 0.4) is 0 Å². The summed E-state index contributed by atoms with van der Waals surface area (Å²) in [5, 5.41) is 10.7. The highest BCUT2D eigenvalue weighted by molar-refractivity contribution is 7.89. The van der Waals surface area contributed by atoms with E-state index < -0.39 is 34.5 Å². The smallest absolute Gasteiger partial charge is 0.323 e. The summed E-state index contributed by atoms with van der Waals surface area (Å²) in [5.74, 6) is -1.33. The number of carbonyl (C=O) groups excluding carboxylic acids is 1. The van der Waals surface area contributed by atoms with Crippen molar-refractivity contribution in [3.05, 3.63) is 42.5 Å². The van der Waals surface area contributed by atoms with E-state index in [1.807, 2.05) is 38.1 Å². The molecule has 1 fully saturated rings. The summed E-state index contributed by atoms with van der Waals surface area (Å²) in [6, 6.07) is 11.4. The fourth-order valence-electron chi connectivity index (χ4n) is 3.79. The van der Waals surface area contributed by atoms with Crippen molar-refractivity contribution in [2.45, 2.75) is 42.9 Å². The Morgan fingerprint density at radius 1 is 1.19 bits per heavy atom. The van der Waals surface area contributed by atoms with Crippen LogP contribution in [0.25, 0.3) is 10.8 Å². The van der Waals surface area contributed by atoms with Crippen molar-refractivity contribution in [2.75, 3.05) is 19.6 Å². The van der Waals surface area contributed by atoms with Crippen LogP contribution in [0.1, 0.15) is 26.7 Å². The normalized spacial score (nSPS) is 19.7. The number of hydrogen-bond acceptors (Lipinski definition) is 5. The highest BCUT2D eigenvalue weighted by atomic mass is 32.2. The van der Waals surface area contributed by atoms with Crippen molar-refractivity contribution in [1.82, 2.24) is 9.21 Å². The molecule has 1 N–H and O–H groups in total. The van der Waals surface area contributed by atoms with E-state index >= 15 is 0 Å². The van der Waals surface area contributed by atoms with Crippen molar-refractivity contribution in [2.24, 2.45) is 5.92 Å². The summed E-state index contributed by atoms with van der Waals surface area (Å²) in [5.41, 5.74) is 0. The molecule has 0 radical (unpaired) electrons. The van der Waals surface area contributed by atoms with Gasteiger partial charge in [-0.1, -0.05) is 44.2 Å². The third-order valence-electron chi connectivity index (χ3n) is 5.46.